The first kappa shape index (κ1) is 59.6. The van der Waals surface area contributed by atoms with E-state index in [1.807, 2.05) is 0 Å². The summed E-state index contributed by atoms with van der Waals surface area (Å²) in [5.41, 5.74) is 0. The summed E-state index contributed by atoms with van der Waals surface area (Å²) in [4.78, 5) is 37.7. The highest BCUT2D eigenvalue weighted by Crippen LogP contribution is 2.15. The number of hydrogen-bond donors (Lipinski definition) is 0. The lowest BCUT2D eigenvalue weighted by molar-refractivity contribution is -0.167. The zero-order valence-electron chi connectivity index (χ0n) is 41.4. The minimum atomic E-state index is -0.771. The Bertz CT molecular complexity index is 1050. The highest BCUT2D eigenvalue weighted by molar-refractivity contribution is 5.71. The van der Waals surface area contributed by atoms with E-state index >= 15 is 0 Å². The first-order valence-electron chi connectivity index (χ1n) is 27.0. The van der Waals surface area contributed by atoms with Crippen LogP contribution < -0.4 is 0 Å². The van der Waals surface area contributed by atoms with Gasteiger partial charge in [0.2, 0.25) is 0 Å². The highest BCUT2D eigenvalue weighted by Gasteiger charge is 2.19. The van der Waals surface area contributed by atoms with Crippen molar-refractivity contribution in [1.29, 1.82) is 0 Å². The molecule has 0 saturated carbocycles. The Morgan fingerprint density at radius 3 is 0.919 bits per heavy atom. The summed E-state index contributed by atoms with van der Waals surface area (Å²) in [7, 11) is 0. The number of unbranched alkanes of at least 4 members (excludes halogenated alkanes) is 32. The molecule has 0 N–H and O–H groups in total. The van der Waals surface area contributed by atoms with E-state index in [2.05, 4.69) is 57.2 Å². The van der Waals surface area contributed by atoms with Crippen molar-refractivity contribution in [3.05, 3.63) is 36.5 Å². The summed E-state index contributed by atoms with van der Waals surface area (Å²) in [6, 6.07) is 0. The smallest absolute Gasteiger partial charge is 0.306 e. The molecule has 0 saturated heterocycles. The molecule has 0 aromatic carbocycles. The predicted molar refractivity (Wildman–Crippen MR) is 266 cm³/mol. The maximum Gasteiger partial charge on any atom is 0.306 e. The number of carbonyl (C=O) groups excluding carboxylic acids is 3. The molecule has 0 spiro atoms. The first-order chi connectivity index (χ1) is 30.5. The summed E-state index contributed by atoms with van der Waals surface area (Å²) < 4.78 is 16.7. The third kappa shape index (κ3) is 48.7. The second kappa shape index (κ2) is 51.3. The van der Waals surface area contributed by atoms with Crippen LogP contribution in [0.3, 0.4) is 0 Å². The molecule has 362 valence electrons. The Morgan fingerprint density at radius 1 is 0.323 bits per heavy atom. The van der Waals surface area contributed by atoms with Gasteiger partial charge in [-0.15, -0.1) is 0 Å². The maximum absolute atomic E-state index is 12.7. The normalized spacial score (nSPS) is 12.2. The fourth-order valence-electron chi connectivity index (χ4n) is 7.76. The van der Waals surface area contributed by atoms with Crippen LogP contribution >= 0.6 is 0 Å². The van der Waals surface area contributed by atoms with E-state index < -0.39 is 6.10 Å². The van der Waals surface area contributed by atoms with Crippen LogP contribution in [0.5, 0.6) is 0 Å². The lowest BCUT2D eigenvalue weighted by atomic mass is 10.1. The molecule has 0 aliphatic heterocycles. The van der Waals surface area contributed by atoms with Gasteiger partial charge in [-0.3, -0.25) is 14.4 Å². The van der Waals surface area contributed by atoms with Gasteiger partial charge in [0.25, 0.3) is 0 Å². The SMILES string of the molecule is CCCCCC/C=C\C/C=C\CCCCCCCCCC(=O)OC(COC(=O)CCCCCCC)COC(=O)CCCCCCCCCCC/C=C\CCCCCCCCCC. The summed E-state index contributed by atoms with van der Waals surface area (Å²) >= 11 is 0. The van der Waals surface area contributed by atoms with E-state index in [1.165, 1.54) is 167 Å². The quantitative estimate of drug-likeness (QED) is 0.0262. The van der Waals surface area contributed by atoms with Gasteiger partial charge in [-0.05, 0) is 77.0 Å². The van der Waals surface area contributed by atoms with Crippen molar-refractivity contribution in [3.8, 4) is 0 Å². The number of ether oxygens (including phenoxy) is 3. The van der Waals surface area contributed by atoms with Crippen LogP contribution in [0.2, 0.25) is 0 Å². The molecule has 62 heavy (non-hydrogen) atoms. The van der Waals surface area contributed by atoms with E-state index in [4.69, 9.17) is 14.2 Å². The lowest BCUT2D eigenvalue weighted by Crippen LogP contribution is -2.30. The largest absolute Gasteiger partial charge is 0.462 e. The average Bonchev–Trinajstić information content (AvgIpc) is 3.27. The molecule has 0 bridgehead atoms. The molecule has 0 radical (unpaired) electrons. The standard InChI is InChI=1S/C56H102O6/c1-4-7-10-13-15-17-19-21-23-25-27-28-29-31-32-34-36-38-40-43-46-49-55(58)61-52-53(51-60-54(57)48-45-42-12-9-6-3)62-56(59)50-47-44-41-39-37-35-33-30-26-24-22-20-18-16-14-11-8-5-2/h18,20,24-27,53H,4-17,19,21-23,28-52H2,1-3H3/b20-18-,26-24-,27-25-. The van der Waals surface area contributed by atoms with E-state index in [0.29, 0.717) is 19.3 Å². The van der Waals surface area contributed by atoms with Crippen LogP contribution in [0.25, 0.3) is 0 Å². The Kier molecular flexibility index (Phi) is 49.3. The van der Waals surface area contributed by atoms with Crippen molar-refractivity contribution in [3.63, 3.8) is 0 Å². The number of esters is 3. The monoisotopic (exact) mass is 871 g/mol. The molecule has 6 heteroatoms. The van der Waals surface area contributed by atoms with Gasteiger partial charge in [0.1, 0.15) is 13.2 Å². The van der Waals surface area contributed by atoms with Crippen LogP contribution in [0, 0.1) is 0 Å². The Labute approximate surface area is 385 Å². The van der Waals surface area contributed by atoms with E-state index in [9.17, 15) is 14.4 Å². The Balaban J connectivity index is 4.12. The highest BCUT2D eigenvalue weighted by atomic mass is 16.6. The van der Waals surface area contributed by atoms with Crippen molar-refractivity contribution in [2.75, 3.05) is 13.2 Å². The zero-order valence-corrected chi connectivity index (χ0v) is 41.4. The number of carbonyl (C=O) groups is 3. The van der Waals surface area contributed by atoms with Crippen LogP contribution in [-0.4, -0.2) is 37.2 Å². The molecule has 0 fully saturated rings. The van der Waals surface area contributed by atoms with Crippen LogP contribution in [0.1, 0.15) is 284 Å². The van der Waals surface area contributed by atoms with Crippen LogP contribution in [-0.2, 0) is 28.6 Å². The van der Waals surface area contributed by atoms with Gasteiger partial charge in [0.05, 0.1) is 0 Å². The maximum atomic E-state index is 12.7. The van der Waals surface area contributed by atoms with Gasteiger partial charge in [0.15, 0.2) is 6.10 Å². The van der Waals surface area contributed by atoms with Crippen LogP contribution in [0.4, 0.5) is 0 Å². The van der Waals surface area contributed by atoms with E-state index in [0.717, 1.165) is 77.0 Å². The van der Waals surface area contributed by atoms with Gasteiger partial charge in [-0.25, -0.2) is 0 Å². The molecule has 0 heterocycles. The van der Waals surface area contributed by atoms with E-state index in [1.54, 1.807) is 0 Å². The molecule has 0 aliphatic carbocycles. The minimum Gasteiger partial charge on any atom is -0.462 e. The molecule has 0 amide bonds. The summed E-state index contributed by atoms with van der Waals surface area (Å²) in [6.45, 7) is 6.55. The van der Waals surface area contributed by atoms with Crippen molar-refractivity contribution >= 4 is 17.9 Å². The van der Waals surface area contributed by atoms with E-state index in [-0.39, 0.29) is 31.1 Å². The summed E-state index contributed by atoms with van der Waals surface area (Å²) in [6.07, 6.45) is 60.3. The van der Waals surface area contributed by atoms with Crippen molar-refractivity contribution in [1.82, 2.24) is 0 Å². The second-order valence-electron chi connectivity index (χ2n) is 18.1. The van der Waals surface area contributed by atoms with Gasteiger partial charge in [-0.1, -0.05) is 224 Å². The molecular weight excluding hydrogens is 769 g/mol. The zero-order chi connectivity index (χ0) is 45.1. The topological polar surface area (TPSA) is 78.9 Å². The molecular formula is C56H102O6. The summed E-state index contributed by atoms with van der Waals surface area (Å²) in [5, 5.41) is 0. The molecule has 1 atom stereocenters. The third-order valence-corrected chi connectivity index (χ3v) is 11.9. The molecule has 0 aromatic rings. The Hall–Kier alpha value is -2.37. The number of hydrogen-bond acceptors (Lipinski definition) is 6. The number of allylic oxidation sites excluding steroid dienone is 6. The fourth-order valence-corrected chi connectivity index (χ4v) is 7.76. The molecule has 6 nitrogen and oxygen atoms in total. The molecule has 0 rings (SSSR count). The lowest BCUT2D eigenvalue weighted by Gasteiger charge is -2.18. The molecule has 0 aliphatic rings. The molecule has 1 unspecified atom stereocenters. The summed E-state index contributed by atoms with van der Waals surface area (Å²) in [5.74, 6) is -0.889. The van der Waals surface area contributed by atoms with Crippen molar-refractivity contribution in [2.24, 2.45) is 0 Å². The Morgan fingerprint density at radius 2 is 0.581 bits per heavy atom. The van der Waals surface area contributed by atoms with Gasteiger partial charge in [0, 0.05) is 19.3 Å². The van der Waals surface area contributed by atoms with Crippen molar-refractivity contribution in [2.45, 2.75) is 290 Å². The first-order valence-corrected chi connectivity index (χ1v) is 27.0. The fraction of sp³-hybridized carbons (Fsp3) is 0.839. The second-order valence-corrected chi connectivity index (χ2v) is 18.1. The predicted octanol–water partition coefficient (Wildman–Crippen LogP) is 17.7. The average molecular weight is 871 g/mol. The minimum absolute atomic E-state index is 0.0750. The van der Waals surface area contributed by atoms with Crippen LogP contribution in [0.15, 0.2) is 36.5 Å². The van der Waals surface area contributed by atoms with Gasteiger partial charge in [-0.2, -0.15) is 0 Å². The van der Waals surface area contributed by atoms with Gasteiger partial charge >= 0.3 is 17.9 Å². The van der Waals surface area contributed by atoms with Crippen molar-refractivity contribution < 1.29 is 28.6 Å². The molecule has 0 aromatic heterocycles. The van der Waals surface area contributed by atoms with Gasteiger partial charge < -0.3 is 14.2 Å². The third-order valence-electron chi connectivity index (χ3n) is 11.9. The number of rotatable bonds is 49.